The first-order valence-corrected chi connectivity index (χ1v) is 11.2. The van der Waals surface area contributed by atoms with Crippen molar-refractivity contribution < 1.29 is 19.1 Å². The maximum absolute atomic E-state index is 13.1. The smallest absolute Gasteiger partial charge is 0.254 e. The first-order chi connectivity index (χ1) is 13.4. The Labute approximate surface area is 168 Å². The maximum Gasteiger partial charge on any atom is 0.254 e. The molecular formula is C22H36N2O4. The molecule has 158 valence electrons. The fourth-order valence-corrected chi connectivity index (χ4v) is 5.06. The number of β-lactam (4-membered cyclic amide) rings is 1. The van der Waals surface area contributed by atoms with Crippen LogP contribution in [-0.4, -0.2) is 72.2 Å². The summed E-state index contributed by atoms with van der Waals surface area (Å²) in [6.07, 6.45) is 6.52. The van der Waals surface area contributed by atoms with Crippen LogP contribution >= 0.6 is 0 Å². The molecule has 6 nitrogen and oxygen atoms in total. The second kappa shape index (κ2) is 7.60. The number of amides is 2. The van der Waals surface area contributed by atoms with Crippen molar-refractivity contribution in [1.82, 2.24) is 9.80 Å². The number of likely N-dealkylation sites (tertiary alicyclic amines) is 2. The summed E-state index contributed by atoms with van der Waals surface area (Å²) in [5.41, 5.74) is -0.479. The molecule has 3 saturated heterocycles. The van der Waals surface area contributed by atoms with E-state index in [-0.39, 0.29) is 34.9 Å². The molecule has 0 aromatic heterocycles. The molecule has 4 rings (SSSR count). The van der Waals surface area contributed by atoms with Crippen molar-refractivity contribution in [2.45, 2.75) is 83.4 Å². The van der Waals surface area contributed by atoms with Gasteiger partial charge in [-0.3, -0.25) is 9.59 Å². The van der Waals surface area contributed by atoms with Crippen LogP contribution in [0.25, 0.3) is 0 Å². The van der Waals surface area contributed by atoms with Crippen molar-refractivity contribution >= 4 is 11.8 Å². The number of piperidine rings is 1. The second-order valence-electron chi connectivity index (χ2n) is 9.84. The Morgan fingerprint density at radius 1 is 1.18 bits per heavy atom. The minimum atomic E-state index is -0.302. The predicted octanol–water partition coefficient (Wildman–Crippen LogP) is 2.60. The van der Waals surface area contributed by atoms with Gasteiger partial charge in [0.05, 0.1) is 12.1 Å². The quantitative estimate of drug-likeness (QED) is 0.652. The number of hydrogen-bond donors (Lipinski definition) is 0. The van der Waals surface area contributed by atoms with Crippen LogP contribution in [-0.2, 0) is 19.1 Å². The SMILES string of the molecule is CCC(C)(C)C(=O)N1CCC(N2C(=O)C(OCC3CC3)C23CCOCC3)CC1. The number of hydrogen-bond acceptors (Lipinski definition) is 4. The molecule has 2 amide bonds. The highest BCUT2D eigenvalue weighted by Gasteiger charge is 2.63. The van der Waals surface area contributed by atoms with Crippen molar-refractivity contribution in [3.8, 4) is 0 Å². The monoisotopic (exact) mass is 392 g/mol. The van der Waals surface area contributed by atoms with Gasteiger partial charge in [0.2, 0.25) is 5.91 Å². The molecule has 28 heavy (non-hydrogen) atoms. The van der Waals surface area contributed by atoms with Crippen LogP contribution in [0.15, 0.2) is 0 Å². The van der Waals surface area contributed by atoms with Gasteiger partial charge in [0.15, 0.2) is 6.10 Å². The summed E-state index contributed by atoms with van der Waals surface area (Å²) in [6, 6.07) is 0.222. The lowest BCUT2D eigenvalue weighted by molar-refractivity contribution is -0.219. The lowest BCUT2D eigenvalue weighted by Gasteiger charge is -2.62. The molecule has 1 atom stereocenters. The van der Waals surface area contributed by atoms with Crippen LogP contribution < -0.4 is 0 Å². The van der Waals surface area contributed by atoms with E-state index in [0.29, 0.717) is 19.1 Å². The van der Waals surface area contributed by atoms with Crippen LogP contribution in [0.4, 0.5) is 0 Å². The van der Waals surface area contributed by atoms with E-state index in [1.54, 1.807) is 0 Å². The molecule has 0 bridgehead atoms. The molecule has 0 N–H and O–H groups in total. The molecule has 6 heteroatoms. The van der Waals surface area contributed by atoms with Gasteiger partial charge >= 0.3 is 0 Å². The van der Waals surface area contributed by atoms with Crippen LogP contribution in [0.1, 0.15) is 65.7 Å². The second-order valence-corrected chi connectivity index (χ2v) is 9.84. The average Bonchev–Trinajstić information content (AvgIpc) is 3.53. The lowest BCUT2D eigenvalue weighted by Crippen LogP contribution is -2.79. The Hall–Kier alpha value is -1.14. The molecule has 0 aromatic carbocycles. The van der Waals surface area contributed by atoms with Crippen LogP contribution in [0.5, 0.6) is 0 Å². The van der Waals surface area contributed by atoms with E-state index < -0.39 is 0 Å². The topological polar surface area (TPSA) is 59.1 Å². The van der Waals surface area contributed by atoms with E-state index in [9.17, 15) is 9.59 Å². The maximum atomic E-state index is 13.1. The van der Waals surface area contributed by atoms with Crippen molar-refractivity contribution in [3.05, 3.63) is 0 Å². The van der Waals surface area contributed by atoms with Crippen molar-refractivity contribution in [1.29, 1.82) is 0 Å². The highest BCUT2D eigenvalue weighted by Crippen LogP contribution is 2.46. The van der Waals surface area contributed by atoms with E-state index in [1.807, 2.05) is 18.7 Å². The Bertz CT molecular complexity index is 602. The van der Waals surface area contributed by atoms with Crippen LogP contribution in [0, 0.1) is 11.3 Å². The van der Waals surface area contributed by atoms with Gasteiger partial charge in [-0.2, -0.15) is 0 Å². The number of nitrogens with zero attached hydrogens (tertiary/aromatic N) is 2. The van der Waals surface area contributed by atoms with Gasteiger partial charge in [-0.1, -0.05) is 20.8 Å². The Balaban J connectivity index is 1.40. The first kappa shape index (κ1) is 20.1. The molecular weight excluding hydrogens is 356 g/mol. The zero-order chi connectivity index (χ0) is 19.9. The summed E-state index contributed by atoms with van der Waals surface area (Å²) >= 11 is 0. The molecule has 3 heterocycles. The van der Waals surface area contributed by atoms with E-state index in [2.05, 4.69) is 11.8 Å². The zero-order valence-electron chi connectivity index (χ0n) is 17.7. The van der Waals surface area contributed by atoms with E-state index in [1.165, 1.54) is 12.8 Å². The number of ether oxygens (including phenoxy) is 2. The average molecular weight is 393 g/mol. The molecule has 1 spiro atoms. The molecule has 1 unspecified atom stereocenters. The summed E-state index contributed by atoms with van der Waals surface area (Å²) in [4.78, 5) is 30.0. The standard InChI is InChI=1S/C22H36N2O4/c1-4-21(2,3)20(26)23-11-7-17(8-12-23)24-19(25)18(28-15-16-5-6-16)22(24)9-13-27-14-10-22/h16-18H,4-15H2,1-3H3. The fourth-order valence-electron chi connectivity index (χ4n) is 5.06. The number of rotatable bonds is 6. The zero-order valence-corrected chi connectivity index (χ0v) is 17.7. The summed E-state index contributed by atoms with van der Waals surface area (Å²) < 4.78 is 11.7. The van der Waals surface area contributed by atoms with Gasteiger partial charge < -0.3 is 19.3 Å². The van der Waals surface area contributed by atoms with Gasteiger partial charge in [0, 0.05) is 37.8 Å². The molecule has 4 fully saturated rings. The number of carbonyl (C=O) groups is 2. The normalized spacial score (nSPS) is 28.5. The highest BCUT2D eigenvalue weighted by atomic mass is 16.5. The summed E-state index contributed by atoms with van der Waals surface area (Å²) in [5, 5.41) is 0. The molecule has 0 radical (unpaired) electrons. The predicted molar refractivity (Wildman–Crippen MR) is 106 cm³/mol. The lowest BCUT2D eigenvalue weighted by atomic mass is 9.72. The minimum absolute atomic E-state index is 0.168. The van der Waals surface area contributed by atoms with Gasteiger partial charge in [0.25, 0.3) is 5.91 Å². The van der Waals surface area contributed by atoms with Gasteiger partial charge in [0.1, 0.15) is 0 Å². The Morgan fingerprint density at radius 3 is 2.39 bits per heavy atom. The van der Waals surface area contributed by atoms with Crippen LogP contribution in [0.3, 0.4) is 0 Å². The Kier molecular flexibility index (Phi) is 5.47. The van der Waals surface area contributed by atoms with E-state index in [4.69, 9.17) is 9.47 Å². The molecule has 1 aliphatic carbocycles. The van der Waals surface area contributed by atoms with Gasteiger partial charge in [-0.25, -0.2) is 0 Å². The highest BCUT2D eigenvalue weighted by molar-refractivity contribution is 5.91. The summed E-state index contributed by atoms with van der Waals surface area (Å²) in [6.45, 7) is 9.75. The summed E-state index contributed by atoms with van der Waals surface area (Å²) in [7, 11) is 0. The molecule has 4 aliphatic rings. The Morgan fingerprint density at radius 2 is 1.82 bits per heavy atom. The van der Waals surface area contributed by atoms with Crippen molar-refractivity contribution in [2.24, 2.45) is 11.3 Å². The van der Waals surface area contributed by atoms with Gasteiger partial charge in [-0.05, 0) is 50.9 Å². The van der Waals surface area contributed by atoms with E-state index in [0.717, 1.165) is 51.8 Å². The van der Waals surface area contributed by atoms with Crippen molar-refractivity contribution in [3.63, 3.8) is 0 Å². The third-order valence-corrected chi connectivity index (χ3v) is 7.56. The largest absolute Gasteiger partial charge is 0.381 e. The summed E-state index contributed by atoms with van der Waals surface area (Å²) in [5.74, 6) is 1.07. The molecule has 1 saturated carbocycles. The van der Waals surface area contributed by atoms with Crippen LogP contribution in [0.2, 0.25) is 0 Å². The molecule has 0 aromatic rings. The first-order valence-electron chi connectivity index (χ1n) is 11.2. The number of carbonyl (C=O) groups excluding carboxylic acids is 2. The third-order valence-electron chi connectivity index (χ3n) is 7.56. The minimum Gasteiger partial charge on any atom is -0.381 e. The third kappa shape index (κ3) is 3.47. The fraction of sp³-hybridized carbons (Fsp3) is 0.909. The van der Waals surface area contributed by atoms with Crippen molar-refractivity contribution in [2.75, 3.05) is 32.9 Å². The molecule has 3 aliphatic heterocycles. The van der Waals surface area contributed by atoms with E-state index >= 15 is 0 Å². The van der Waals surface area contributed by atoms with Gasteiger partial charge in [-0.15, -0.1) is 0 Å².